The van der Waals surface area contributed by atoms with Crippen LogP contribution in [0, 0.1) is 0 Å². The van der Waals surface area contributed by atoms with E-state index in [1.54, 1.807) is 4.90 Å². The number of nitrogens with one attached hydrogen (secondary N) is 1. The second kappa shape index (κ2) is 8.04. The second-order valence-electron chi connectivity index (χ2n) is 6.68. The molecule has 0 bridgehead atoms. The first-order chi connectivity index (χ1) is 11.6. The highest BCUT2D eigenvalue weighted by molar-refractivity contribution is 7.14. The molecule has 2 heterocycles. The molecule has 0 radical (unpaired) electrons. The molecule has 134 valence electrons. The van der Waals surface area contributed by atoms with Gasteiger partial charge in [0.25, 0.3) is 0 Å². The van der Waals surface area contributed by atoms with Crippen LogP contribution in [0.2, 0.25) is 4.34 Å². The van der Waals surface area contributed by atoms with Crippen molar-refractivity contribution in [1.29, 1.82) is 0 Å². The third kappa shape index (κ3) is 4.04. The van der Waals surface area contributed by atoms with Crippen molar-refractivity contribution in [2.24, 2.45) is 0 Å². The van der Waals surface area contributed by atoms with Gasteiger partial charge in [0.1, 0.15) is 6.61 Å². The third-order valence-electron chi connectivity index (χ3n) is 5.14. The fourth-order valence-corrected chi connectivity index (χ4v) is 4.72. The predicted molar refractivity (Wildman–Crippen MR) is 95.9 cm³/mol. The number of thiophene rings is 1. The quantitative estimate of drug-likeness (QED) is 0.851. The molecule has 3 rings (SSSR count). The topological polar surface area (TPSA) is 61.8 Å². The lowest BCUT2D eigenvalue weighted by Gasteiger charge is -2.39. The summed E-state index contributed by atoms with van der Waals surface area (Å²) in [5.74, 6) is -0.261. The van der Waals surface area contributed by atoms with E-state index in [1.807, 2.05) is 11.4 Å². The standard InChI is InChI=1S/C17H25ClN2O3S/c18-15-13(4-11-24-15)14(17(22)5-2-1-3-6-17)12-23-16(21)20-9-7-19-8-10-20/h4,11,14,19,22H,1-3,5-10,12H2. The zero-order chi connectivity index (χ0) is 17.0. The monoisotopic (exact) mass is 372 g/mol. The van der Waals surface area contributed by atoms with Gasteiger partial charge in [-0.25, -0.2) is 4.79 Å². The molecule has 0 spiro atoms. The Labute approximate surface area is 151 Å². The maximum atomic E-state index is 12.3. The number of carbonyl (C=O) groups excluding carboxylic acids is 1. The van der Waals surface area contributed by atoms with Gasteiger partial charge in [0.15, 0.2) is 0 Å². The van der Waals surface area contributed by atoms with Gasteiger partial charge >= 0.3 is 6.09 Å². The highest BCUT2D eigenvalue weighted by atomic mass is 35.5. The van der Waals surface area contributed by atoms with E-state index in [4.69, 9.17) is 16.3 Å². The van der Waals surface area contributed by atoms with Crippen LogP contribution in [0.1, 0.15) is 43.6 Å². The SMILES string of the molecule is O=C(OCC(c1ccsc1Cl)C1(O)CCCCC1)N1CCNCC1. The maximum absolute atomic E-state index is 12.3. The van der Waals surface area contributed by atoms with Crippen molar-refractivity contribution < 1.29 is 14.6 Å². The van der Waals surface area contributed by atoms with Crippen LogP contribution in [0.25, 0.3) is 0 Å². The zero-order valence-electron chi connectivity index (χ0n) is 13.8. The van der Waals surface area contributed by atoms with Gasteiger partial charge in [-0.3, -0.25) is 0 Å². The van der Waals surface area contributed by atoms with Gasteiger partial charge in [-0.05, 0) is 29.9 Å². The molecule has 1 aromatic heterocycles. The molecule has 5 nitrogen and oxygen atoms in total. The number of amides is 1. The Morgan fingerprint density at radius 2 is 2.08 bits per heavy atom. The Bertz CT molecular complexity index is 554. The molecule has 1 saturated heterocycles. The van der Waals surface area contributed by atoms with Crippen LogP contribution in [0.4, 0.5) is 4.79 Å². The summed E-state index contributed by atoms with van der Waals surface area (Å²) in [4.78, 5) is 14.0. The van der Waals surface area contributed by atoms with Crippen molar-refractivity contribution in [1.82, 2.24) is 10.2 Å². The van der Waals surface area contributed by atoms with E-state index in [0.29, 0.717) is 17.4 Å². The largest absolute Gasteiger partial charge is 0.449 e. The fourth-order valence-electron chi connectivity index (χ4n) is 3.69. The molecule has 7 heteroatoms. The second-order valence-corrected chi connectivity index (χ2v) is 8.20. The fraction of sp³-hybridized carbons (Fsp3) is 0.706. The van der Waals surface area contributed by atoms with Crippen LogP contribution in [-0.2, 0) is 4.74 Å². The van der Waals surface area contributed by atoms with Crippen LogP contribution in [0.5, 0.6) is 0 Å². The lowest BCUT2D eigenvalue weighted by atomic mass is 9.73. The lowest BCUT2D eigenvalue weighted by molar-refractivity contribution is -0.0408. The van der Waals surface area contributed by atoms with Crippen LogP contribution in [0.15, 0.2) is 11.4 Å². The number of nitrogens with zero attached hydrogens (tertiary/aromatic N) is 1. The number of ether oxygens (including phenoxy) is 1. The molecule has 1 amide bonds. The summed E-state index contributed by atoms with van der Waals surface area (Å²) >= 11 is 7.78. The molecule has 1 atom stereocenters. The number of halogens is 1. The minimum atomic E-state index is -0.841. The van der Waals surface area contributed by atoms with Gasteiger partial charge in [0, 0.05) is 32.1 Å². The Balaban J connectivity index is 1.70. The minimum absolute atomic E-state index is 0.176. The normalized spacial score (nSPS) is 22.2. The molecule has 1 aromatic rings. The van der Waals surface area contributed by atoms with Crippen LogP contribution >= 0.6 is 22.9 Å². The Morgan fingerprint density at radius 1 is 1.38 bits per heavy atom. The number of rotatable bonds is 4. The summed E-state index contributed by atoms with van der Waals surface area (Å²) in [6.45, 7) is 3.08. The number of carbonyl (C=O) groups is 1. The van der Waals surface area contributed by atoms with Crippen molar-refractivity contribution in [2.45, 2.75) is 43.6 Å². The van der Waals surface area contributed by atoms with Crippen LogP contribution in [-0.4, -0.2) is 54.5 Å². The van der Waals surface area contributed by atoms with Crippen molar-refractivity contribution >= 4 is 29.0 Å². The minimum Gasteiger partial charge on any atom is -0.449 e. The molecule has 1 aliphatic carbocycles. The Kier molecular flexibility index (Phi) is 6.02. The summed E-state index contributed by atoms with van der Waals surface area (Å²) in [6, 6.07) is 1.95. The number of piperazine rings is 1. The molecule has 24 heavy (non-hydrogen) atoms. The van der Waals surface area contributed by atoms with E-state index in [1.165, 1.54) is 11.3 Å². The van der Waals surface area contributed by atoms with Crippen LogP contribution < -0.4 is 5.32 Å². The third-order valence-corrected chi connectivity index (χ3v) is 6.34. The van der Waals surface area contributed by atoms with E-state index in [-0.39, 0.29) is 18.6 Å². The Morgan fingerprint density at radius 3 is 2.71 bits per heavy atom. The molecule has 2 N–H and O–H groups in total. The van der Waals surface area contributed by atoms with E-state index < -0.39 is 5.60 Å². The molecular formula is C17H25ClN2O3S. The molecule has 2 fully saturated rings. The number of hydrogen-bond donors (Lipinski definition) is 2. The summed E-state index contributed by atoms with van der Waals surface area (Å²) < 4.78 is 6.26. The average molecular weight is 373 g/mol. The molecule has 1 unspecified atom stereocenters. The first-order valence-corrected chi connectivity index (χ1v) is 9.93. The predicted octanol–water partition coefficient (Wildman–Crippen LogP) is 3.22. The molecular weight excluding hydrogens is 348 g/mol. The maximum Gasteiger partial charge on any atom is 0.409 e. The van der Waals surface area contributed by atoms with Crippen molar-refractivity contribution in [3.63, 3.8) is 0 Å². The molecule has 1 saturated carbocycles. The first kappa shape index (κ1) is 18.0. The van der Waals surface area contributed by atoms with E-state index in [9.17, 15) is 9.90 Å². The lowest BCUT2D eigenvalue weighted by Crippen LogP contribution is -2.47. The van der Waals surface area contributed by atoms with Gasteiger partial charge in [0.2, 0.25) is 0 Å². The first-order valence-electron chi connectivity index (χ1n) is 8.68. The smallest absolute Gasteiger partial charge is 0.409 e. The van der Waals surface area contributed by atoms with Gasteiger partial charge in [-0.1, -0.05) is 30.9 Å². The average Bonchev–Trinajstić information content (AvgIpc) is 3.02. The molecule has 2 aliphatic rings. The Hall–Kier alpha value is -0.820. The number of hydrogen-bond acceptors (Lipinski definition) is 5. The summed E-state index contributed by atoms with van der Waals surface area (Å²) in [7, 11) is 0. The van der Waals surface area contributed by atoms with Crippen molar-refractivity contribution in [2.75, 3.05) is 32.8 Å². The summed E-state index contributed by atoms with van der Waals surface area (Å²) in [5, 5.41) is 16.3. The van der Waals surface area contributed by atoms with E-state index >= 15 is 0 Å². The van der Waals surface area contributed by atoms with Crippen LogP contribution in [0.3, 0.4) is 0 Å². The molecule has 0 aromatic carbocycles. The van der Waals surface area contributed by atoms with E-state index in [2.05, 4.69) is 5.32 Å². The van der Waals surface area contributed by atoms with Gasteiger partial charge in [-0.15, -0.1) is 11.3 Å². The van der Waals surface area contributed by atoms with E-state index in [0.717, 1.165) is 50.8 Å². The van der Waals surface area contributed by atoms with Gasteiger partial charge < -0.3 is 20.1 Å². The summed E-state index contributed by atoms with van der Waals surface area (Å²) in [5.41, 5.74) is 0.0614. The van der Waals surface area contributed by atoms with Crippen molar-refractivity contribution in [3.05, 3.63) is 21.3 Å². The summed E-state index contributed by atoms with van der Waals surface area (Å²) in [6.07, 6.45) is 4.31. The molecule has 1 aliphatic heterocycles. The highest BCUT2D eigenvalue weighted by Gasteiger charge is 2.41. The zero-order valence-corrected chi connectivity index (χ0v) is 15.4. The van der Waals surface area contributed by atoms with Crippen molar-refractivity contribution in [3.8, 4) is 0 Å². The van der Waals surface area contributed by atoms with Gasteiger partial charge in [0.05, 0.1) is 9.94 Å². The van der Waals surface area contributed by atoms with Gasteiger partial charge in [-0.2, -0.15) is 0 Å². The number of aliphatic hydroxyl groups is 1. The highest BCUT2D eigenvalue weighted by Crippen LogP contribution is 2.43.